The first-order valence-corrected chi connectivity index (χ1v) is 8.05. The summed E-state index contributed by atoms with van der Waals surface area (Å²) in [5, 5.41) is 0. The first kappa shape index (κ1) is 23.0. The van der Waals surface area contributed by atoms with Crippen LogP contribution in [0.4, 0.5) is 0 Å². The van der Waals surface area contributed by atoms with Gasteiger partial charge in [-0.1, -0.05) is 6.92 Å². The summed E-state index contributed by atoms with van der Waals surface area (Å²) in [4.78, 5) is 0. The van der Waals surface area contributed by atoms with Crippen molar-refractivity contribution in [1.29, 1.82) is 0 Å². The van der Waals surface area contributed by atoms with Gasteiger partial charge in [-0.2, -0.15) is 12.1 Å². The topological polar surface area (TPSA) is 18.5 Å². The van der Waals surface area contributed by atoms with Crippen molar-refractivity contribution >= 4 is 23.1 Å². The molecule has 6 heteroatoms. The van der Waals surface area contributed by atoms with Crippen molar-refractivity contribution in [1.82, 2.24) is 0 Å². The summed E-state index contributed by atoms with van der Waals surface area (Å²) in [6.07, 6.45) is 7.20. The summed E-state index contributed by atoms with van der Waals surface area (Å²) in [7, 11) is 0. The van der Waals surface area contributed by atoms with Gasteiger partial charge < -0.3 is 38.9 Å². The molecule has 1 aromatic rings. The van der Waals surface area contributed by atoms with Crippen molar-refractivity contribution in [2.75, 3.05) is 6.79 Å². The number of ether oxygens (including phenoxy) is 2. The van der Waals surface area contributed by atoms with Gasteiger partial charge in [-0.05, 0) is 61.2 Å². The van der Waals surface area contributed by atoms with E-state index in [4.69, 9.17) is 9.47 Å². The number of fused-ring (bicyclic) bond motifs is 1. The van der Waals surface area contributed by atoms with E-state index in [9.17, 15) is 0 Å². The molecule has 4 fully saturated rings. The van der Waals surface area contributed by atoms with Crippen molar-refractivity contribution in [2.24, 2.45) is 23.7 Å². The van der Waals surface area contributed by atoms with Gasteiger partial charge in [0.2, 0.25) is 6.79 Å². The molecule has 0 radical (unpaired) electrons. The Morgan fingerprint density at radius 2 is 1.58 bits per heavy atom. The molecule has 5 aliphatic rings. The van der Waals surface area contributed by atoms with Crippen LogP contribution in [-0.2, 0) is 5.41 Å². The first-order valence-electron chi connectivity index (χ1n) is 8.05. The van der Waals surface area contributed by atoms with Gasteiger partial charge in [0.1, 0.15) is 0 Å². The van der Waals surface area contributed by atoms with Gasteiger partial charge in [0.15, 0.2) is 0 Å². The van der Waals surface area contributed by atoms with Gasteiger partial charge in [0, 0.05) is 0 Å². The quantitative estimate of drug-likeness (QED) is 0.337. The average Bonchev–Trinajstić information content (AvgIpc) is 2.92. The molecule has 0 atom stereocenters. The minimum atomic E-state index is 0. The van der Waals surface area contributed by atoms with Crippen LogP contribution >= 0.6 is 0 Å². The molecule has 0 spiro atoms. The normalized spacial score (nSPS) is 36.7. The maximum Gasteiger partial charge on any atom is 2.00 e. The number of hydrogen-bond donors (Lipinski definition) is 0. The smallest absolute Gasteiger partial charge is 1.00 e. The minimum absolute atomic E-state index is 0. The third-order valence-electron chi connectivity index (χ3n) is 6.74. The maximum absolute atomic E-state index is 5.81. The zero-order valence-electron chi connectivity index (χ0n) is 14.5. The van der Waals surface area contributed by atoms with E-state index in [1.54, 1.807) is 0 Å². The van der Waals surface area contributed by atoms with Crippen LogP contribution in [0.5, 0.6) is 11.5 Å². The van der Waals surface area contributed by atoms with E-state index in [2.05, 4.69) is 19.1 Å². The second-order valence-corrected chi connectivity index (χ2v) is 7.56. The Kier molecular flexibility index (Phi) is 7.97. The predicted molar refractivity (Wildman–Crippen MR) is 81.6 cm³/mol. The Hall–Kier alpha value is 0.954. The molecule has 1 heterocycles. The zero-order valence-corrected chi connectivity index (χ0v) is 18.2. The van der Waals surface area contributed by atoms with Crippen molar-refractivity contribution in [3.05, 3.63) is 23.8 Å². The van der Waals surface area contributed by atoms with Crippen LogP contribution in [0.1, 0.15) is 44.6 Å². The summed E-state index contributed by atoms with van der Waals surface area (Å²) in [6, 6.07) is 7.39. The van der Waals surface area contributed by atoms with E-state index in [0.29, 0.717) is 6.79 Å². The molecule has 0 saturated heterocycles. The fourth-order valence-electron chi connectivity index (χ4n) is 5.88. The van der Waals surface area contributed by atoms with Crippen LogP contribution in [-0.4, -0.2) is 29.8 Å². The van der Waals surface area contributed by atoms with Crippen LogP contribution in [0.25, 0.3) is 0 Å². The Morgan fingerprint density at radius 1 is 1.00 bits per heavy atom. The van der Waals surface area contributed by atoms with E-state index in [-0.39, 0.29) is 76.7 Å². The second kappa shape index (κ2) is 8.32. The molecule has 4 bridgehead atoms. The number of benzene rings is 1. The zero-order chi connectivity index (χ0) is 13.3. The molecule has 0 unspecified atom stereocenters. The summed E-state index contributed by atoms with van der Waals surface area (Å²) >= 11 is 0. The van der Waals surface area contributed by atoms with E-state index in [1.165, 1.54) is 37.7 Å². The third kappa shape index (κ3) is 3.18. The molecule has 122 valence electrons. The molecule has 6 rings (SSSR count). The number of halogens is 2. The molecular weight excluding hydrogens is 395 g/mol. The Bertz CT molecular complexity index is 558. The number of rotatable bonds is 1. The second-order valence-electron chi connectivity index (χ2n) is 7.56. The monoisotopic (exact) mass is 414 g/mol. The minimum Gasteiger partial charge on any atom is -1.00 e. The number of hydrogen-bond acceptors (Lipinski definition) is 2. The Labute approximate surface area is 189 Å². The average molecular weight is 416 g/mol. The molecule has 1 aromatic carbocycles. The van der Waals surface area contributed by atoms with Crippen LogP contribution in [0.15, 0.2) is 12.1 Å². The SMILES string of the molecule is CC1(c2c[c-]cc3c2OCO3)C2CC3CC(C2)CC1C3.[Br-].[Cl-].[Li+].[Mg+2]. The van der Waals surface area contributed by atoms with Gasteiger partial charge in [-0.3, -0.25) is 0 Å². The van der Waals surface area contributed by atoms with E-state index in [0.717, 1.165) is 35.2 Å². The molecule has 24 heavy (non-hydrogen) atoms. The van der Waals surface area contributed by atoms with Gasteiger partial charge in [0.05, 0.1) is 11.5 Å². The maximum atomic E-state index is 5.81. The molecule has 0 N–H and O–H groups in total. The molecule has 0 aromatic heterocycles. The van der Waals surface area contributed by atoms with E-state index in [1.807, 2.05) is 6.07 Å². The van der Waals surface area contributed by atoms with Gasteiger partial charge in [0.25, 0.3) is 0 Å². The molecule has 4 aliphatic carbocycles. The molecular formula is C18H21BrClLiMgO2. The van der Waals surface area contributed by atoms with Crippen molar-refractivity contribution in [3.8, 4) is 11.5 Å². The first-order chi connectivity index (χ1) is 9.75. The summed E-state index contributed by atoms with van der Waals surface area (Å²) in [5.74, 6) is 5.59. The van der Waals surface area contributed by atoms with Crippen molar-refractivity contribution < 1.29 is 57.7 Å². The largest absolute Gasteiger partial charge is 2.00 e. The third-order valence-corrected chi connectivity index (χ3v) is 6.74. The van der Waals surface area contributed by atoms with E-state index >= 15 is 0 Å². The molecule has 0 amide bonds. The van der Waals surface area contributed by atoms with E-state index < -0.39 is 0 Å². The summed E-state index contributed by atoms with van der Waals surface area (Å²) < 4.78 is 11.4. The standard InChI is InChI=1S/C18H21O2.BrH.ClH.Li.Mg/c1-18(15-3-2-4-16-17(15)20-10-19-16)13-6-11-5-12(8-13)9-14(18)7-11;;;;/h3-4,11-14H,5-10H2,1H3;2*1H;;/q-1;;;+1;+2/p-2. The summed E-state index contributed by atoms with van der Waals surface area (Å²) in [6.45, 7) is 2.86. The van der Waals surface area contributed by atoms with Crippen LogP contribution in [0.2, 0.25) is 0 Å². The fraction of sp³-hybridized carbons (Fsp3) is 0.667. The molecule has 1 aliphatic heterocycles. The fourth-order valence-corrected chi connectivity index (χ4v) is 5.88. The van der Waals surface area contributed by atoms with Crippen LogP contribution < -0.4 is 57.7 Å². The Balaban J connectivity index is 0.000000720. The van der Waals surface area contributed by atoms with Crippen molar-refractivity contribution in [2.45, 2.75) is 44.4 Å². The summed E-state index contributed by atoms with van der Waals surface area (Å²) in [5.41, 5.74) is 1.66. The van der Waals surface area contributed by atoms with Crippen molar-refractivity contribution in [3.63, 3.8) is 0 Å². The molecule has 2 nitrogen and oxygen atoms in total. The van der Waals surface area contributed by atoms with Crippen LogP contribution in [0, 0.1) is 29.7 Å². The predicted octanol–water partition coefficient (Wildman–Crippen LogP) is -5.44. The Morgan fingerprint density at radius 3 is 2.17 bits per heavy atom. The molecule has 4 saturated carbocycles. The van der Waals surface area contributed by atoms with Gasteiger partial charge in [-0.15, -0.1) is 11.6 Å². The van der Waals surface area contributed by atoms with Crippen LogP contribution in [0.3, 0.4) is 0 Å². The van der Waals surface area contributed by atoms with Gasteiger partial charge in [-0.25, -0.2) is 0 Å². The van der Waals surface area contributed by atoms with Gasteiger partial charge >= 0.3 is 41.9 Å².